The van der Waals surface area contributed by atoms with E-state index in [1.165, 1.54) is 36.8 Å². The highest BCUT2D eigenvalue weighted by Gasteiger charge is 2.14. The Balaban J connectivity index is 0.00000242. The normalized spacial score (nSPS) is 15.6. The number of halogens is 1. The molecule has 1 aromatic rings. The zero-order valence-corrected chi connectivity index (χ0v) is 15.9. The average Bonchev–Trinajstić information content (AvgIpc) is 2.90. The molecule has 0 saturated heterocycles. The minimum Gasteiger partial charge on any atom is -0.378 e. The summed E-state index contributed by atoms with van der Waals surface area (Å²) < 4.78 is 5.80. The first kappa shape index (κ1) is 19.2. The maximum atomic E-state index is 5.91. The second-order valence-electron chi connectivity index (χ2n) is 5.90. The van der Waals surface area contributed by atoms with Crippen molar-refractivity contribution in [1.82, 2.24) is 0 Å². The van der Waals surface area contributed by atoms with E-state index in [4.69, 9.17) is 10.5 Å². The molecule has 1 aliphatic rings. The quantitative estimate of drug-likeness (QED) is 0.319. The van der Waals surface area contributed by atoms with Crippen molar-refractivity contribution in [2.24, 2.45) is 10.7 Å². The van der Waals surface area contributed by atoms with Gasteiger partial charge in [-0.15, -0.1) is 24.0 Å². The Morgan fingerprint density at radius 1 is 1.23 bits per heavy atom. The Labute approximate surface area is 150 Å². The van der Waals surface area contributed by atoms with Gasteiger partial charge < -0.3 is 15.8 Å². The molecule has 0 radical (unpaired) electrons. The predicted octanol–water partition coefficient (Wildman–Crippen LogP) is 4.00. The van der Waals surface area contributed by atoms with E-state index in [0.29, 0.717) is 18.6 Å². The van der Waals surface area contributed by atoms with Crippen LogP contribution in [0.2, 0.25) is 0 Å². The summed E-state index contributed by atoms with van der Waals surface area (Å²) in [4.78, 5) is 4.35. The van der Waals surface area contributed by atoms with Gasteiger partial charge in [-0.05, 0) is 56.4 Å². The standard InChI is InChI=1S/C17H27N3O.HI/c1-13-10-14(2)12-15(11-13)20-17(18)19-8-5-9-21-16-6-3-4-7-16;/h10-12,16H,3-9H2,1-2H3,(H3,18,19,20);1H. The van der Waals surface area contributed by atoms with Gasteiger partial charge in [-0.3, -0.25) is 4.99 Å². The van der Waals surface area contributed by atoms with Crippen molar-refractivity contribution < 1.29 is 4.74 Å². The summed E-state index contributed by atoms with van der Waals surface area (Å²) in [6.07, 6.45) is 6.48. The van der Waals surface area contributed by atoms with Gasteiger partial charge in [0.25, 0.3) is 0 Å². The minimum absolute atomic E-state index is 0. The monoisotopic (exact) mass is 417 g/mol. The van der Waals surface area contributed by atoms with Crippen molar-refractivity contribution >= 4 is 35.6 Å². The van der Waals surface area contributed by atoms with Crippen LogP contribution in [0, 0.1) is 13.8 Å². The molecule has 0 bridgehead atoms. The maximum Gasteiger partial charge on any atom is 0.193 e. The van der Waals surface area contributed by atoms with E-state index < -0.39 is 0 Å². The van der Waals surface area contributed by atoms with E-state index in [9.17, 15) is 0 Å². The summed E-state index contributed by atoms with van der Waals surface area (Å²) in [6.45, 7) is 5.64. The summed E-state index contributed by atoms with van der Waals surface area (Å²) in [5.41, 5.74) is 9.34. The Bertz CT molecular complexity index is 465. The first-order chi connectivity index (χ1) is 10.1. The first-order valence-corrected chi connectivity index (χ1v) is 7.90. The number of benzene rings is 1. The number of nitrogens with two attached hydrogens (primary N) is 1. The van der Waals surface area contributed by atoms with Crippen LogP contribution in [-0.4, -0.2) is 25.2 Å². The van der Waals surface area contributed by atoms with Crippen molar-refractivity contribution in [2.45, 2.75) is 52.1 Å². The van der Waals surface area contributed by atoms with Crippen LogP contribution >= 0.6 is 24.0 Å². The molecule has 0 aliphatic heterocycles. The molecule has 1 saturated carbocycles. The molecule has 0 amide bonds. The van der Waals surface area contributed by atoms with Gasteiger partial charge >= 0.3 is 0 Å². The van der Waals surface area contributed by atoms with E-state index in [1.54, 1.807) is 0 Å². The van der Waals surface area contributed by atoms with Crippen LogP contribution < -0.4 is 11.1 Å². The third kappa shape index (κ3) is 6.96. The summed E-state index contributed by atoms with van der Waals surface area (Å²) in [5.74, 6) is 0.473. The zero-order chi connectivity index (χ0) is 15.1. The number of aryl methyl sites for hydroxylation is 2. The van der Waals surface area contributed by atoms with E-state index in [1.807, 2.05) is 0 Å². The van der Waals surface area contributed by atoms with E-state index in [0.717, 1.165) is 18.7 Å². The number of nitrogens with zero attached hydrogens (tertiary/aromatic N) is 1. The van der Waals surface area contributed by atoms with Gasteiger partial charge in [0.2, 0.25) is 0 Å². The smallest absolute Gasteiger partial charge is 0.193 e. The number of nitrogens with one attached hydrogen (secondary N) is 1. The van der Waals surface area contributed by atoms with E-state index in [-0.39, 0.29) is 24.0 Å². The topological polar surface area (TPSA) is 59.6 Å². The third-order valence-corrected chi connectivity index (χ3v) is 3.73. The molecule has 1 aromatic carbocycles. The van der Waals surface area contributed by atoms with Crippen LogP contribution in [0.3, 0.4) is 0 Å². The number of rotatable bonds is 6. The average molecular weight is 417 g/mol. The van der Waals surface area contributed by atoms with Gasteiger partial charge in [0.05, 0.1) is 6.10 Å². The Kier molecular flexibility index (Phi) is 8.78. The fourth-order valence-corrected chi connectivity index (χ4v) is 2.80. The molecule has 22 heavy (non-hydrogen) atoms. The number of hydrogen-bond donors (Lipinski definition) is 2. The highest BCUT2D eigenvalue weighted by Crippen LogP contribution is 2.20. The molecule has 0 heterocycles. The molecule has 4 nitrogen and oxygen atoms in total. The fourth-order valence-electron chi connectivity index (χ4n) is 2.80. The molecule has 0 atom stereocenters. The number of anilines is 1. The highest BCUT2D eigenvalue weighted by molar-refractivity contribution is 14.0. The van der Waals surface area contributed by atoms with Crippen LogP contribution in [0.4, 0.5) is 5.69 Å². The maximum absolute atomic E-state index is 5.91. The highest BCUT2D eigenvalue weighted by atomic mass is 127. The van der Waals surface area contributed by atoms with Crippen LogP contribution in [0.25, 0.3) is 0 Å². The lowest BCUT2D eigenvalue weighted by atomic mass is 10.1. The SMILES string of the molecule is Cc1cc(C)cc(NC(N)=NCCCOC2CCCC2)c1.I. The van der Waals surface area contributed by atoms with Gasteiger partial charge in [0, 0.05) is 18.8 Å². The van der Waals surface area contributed by atoms with E-state index in [2.05, 4.69) is 42.4 Å². The van der Waals surface area contributed by atoms with Crippen LogP contribution in [0.1, 0.15) is 43.2 Å². The summed E-state index contributed by atoms with van der Waals surface area (Å²) >= 11 is 0. The minimum atomic E-state index is 0. The number of hydrogen-bond acceptors (Lipinski definition) is 2. The lowest BCUT2D eigenvalue weighted by Gasteiger charge is -2.10. The molecule has 1 aliphatic carbocycles. The van der Waals surface area contributed by atoms with Crippen molar-refractivity contribution in [2.75, 3.05) is 18.5 Å². The number of aliphatic imine (C=N–C) groups is 1. The molecule has 124 valence electrons. The molecular formula is C17H28IN3O. The molecule has 2 rings (SSSR count). The zero-order valence-electron chi connectivity index (χ0n) is 13.6. The van der Waals surface area contributed by atoms with Gasteiger partial charge in [0.1, 0.15) is 0 Å². The predicted molar refractivity (Wildman–Crippen MR) is 104 cm³/mol. The Hall–Kier alpha value is -0.820. The number of ether oxygens (including phenoxy) is 1. The lowest BCUT2D eigenvalue weighted by molar-refractivity contribution is 0.0579. The summed E-state index contributed by atoms with van der Waals surface area (Å²) in [5, 5.41) is 3.14. The van der Waals surface area contributed by atoms with Gasteiger partial charge in [-0.2, -0.15) is 0 Å². The van der Waals surface area contributed by atoms with Crippen molar-refractivity contribution in [1.29, 1.82) is 0 Å². The fraction of sp³-hybridized carbons (Fsp3) is 0.588. The van der Waals surface area contributed by atoms with E-state index >= 15 is 0 Å². The van der Waals surface area contributed by atoms with Crippen molar-refractivity contribution in [3.63, 3.8) is 0 Å². The second-order valence-corrected chi connectivity index (χ2v) is 5.90. The molecule has 1 fully saturated rings. The van der Waals surface area contributed by atoms with Crippen LogP contribution in [0.5, 0.6) is 0 Å². The molecule has 5 heteroatoms. The summed E-state index contributed by atoms with van der Waals surface area (Å²) in [7, 11) is 0. The molecule has 0 unspecified atom stereocenters. The number of guanidine groups is 1. The van der Waals surface area contributed by atoms with Crippen LogP contribution in [0.15, 0.2) is 23.2 Å². The third-order valence-electron chi connectivity index (χ3n) is 3.73. The molecule has 0 aromatic heterocycles. The lowest BCUT2D eigenvalue weighted by Crippen LogP contribution is -2.23. The van der Waals surface area contributed by atoms with Gasteiger partial charge in [-0.25, -0.2) is 0 Å². The second kappa shape index (κ2) is 10.0. The van der Waals surface area contributed by atoms with Gasteiger partial charge in [0.15, 0.2) is 5.96 Å². The molecule has 0 spiro atoms. The molecule has 3 N–H and O–H groups in total. The van der Waals surface area contributed by atoms with Gasteiger partial charge in [-0.1, -0.05) is 18.9 Å². The Morgan fingerprint density at radius 3 is 2.50 bits per heavy atom. The van der Waals surface area contributed by atoms with Crippen molar-refractivity contribution in [3.05, 3.63) is 29.3 Å². The Morgan fingerprint density at radius 2 is 1.86 bits per heavy atom. The summed E-state index contributed by atoms with van der Waals surface area (Å²) in [6, 6.07) is 6.27. The first-order valence-electron chi connectivity index (χ1n) is 7.90. The van der Waals surface area contributed by atoms with Crippen LogP contribution in [-0.2, 0) is 4.74 Å². The van der Waals surface area contributed by atoms with Crippen molar-refractivity contribution in [3.8, 4) is 0 Å². The largest absolute Gasteiger partial charge is 0.378 e. The molecular weight excluding hydrogens is 389 g/mol.